The van der Waals surface area contributed by atoms with Crippen LogP contribution in [-0.4, -0.2) is 47.5 Å². The van der Waals surface area contributed by atoms with Crippen molar-refractivity contribution in [1.29, 1.82) is 0 Å². The van der Waals surface area contributed by atoms with Crippen molar-refractivity contribution >= 4 is 32.5 Å². The lowest BCUT2D eigenvalue weighted by atomic mass is 10.1. The SMILES string of the molecule is NS(=O)(=O)c1cccc(-c2n[nH]c3ccc(NC(=O)C(c4ccccn4)N4CCCC4)cc23)c1. The third kappa shape index (κ3) is 4.43. The molecule has 3 heterocycles. The number of carbonyl (C=O) groups excluding carboxylic acids is 1. The number of aromatic amines is 1. The van der Waals surface area contributed by atoms with E-state index in [4.69, 9.17) is 5.14 Å². The van der Waals surface area contributed by atoms with E-state index in [2.05, 4.69) is 25.4 Å². The van der Waals surface area contributed by atoms with Crippen molar-refractivity contribution < 1.29 is 13.2 Å². The van der Waals surface area contributed by atoms with E-state index in [0.29, 0.717) is 22.6 Å². The molecule has 2 aromatic heterocycles. The maximum Gasteiger partial charge on any atom is 0.247 e. The summed E-state index contributed by atoms with van der Waals surface area (Å²) in [5.41, 5.74) is 3.26. The van der Waals surface area contributed by atoms with E-state index in [1.54, 1.807) is 18.3 Å². The Morgan fingerprint density at radius 2 is 1.88 bits per heavy atom. The van der Waals surface area contributed by atoms with Gasteiger partial charge in [0.25, 0.3) is 0 Å². The maximum atomic E-state index is 13.4. The number of aromatic nitrogens is 3. The number of sulfonamides is 1. The number of pyridine rings is 1. The van der Waals surface area contributed by atoms with Crippen molar-refractivity contribution in [3.63, 3.8) is 0 Å². The van der Waals surface area contributed by atoms with Gasteiger partial charge in [-0.15, -0.1) is 0 Å². The second kappa shape index (κ2) is 8.98. The van der Waals surface area contributed by atoms with E-state index in [-0.39, 0.29) is 10.8 Å². The highest BCUT2D eigenvalue weighted by atomic mass is 32.2. The summed E-state index contributed by atoms with van der Waals surface area (Å²) in [4.78, 5) is 20.0. The van der Waals surface area contributed by atoms with Crippen molar-refractivity contribution in [3.05, 3.63) is 72.6 Å². The smallest absolute Gasteiger partial charge is 0.247 e. The normalized spacial score (nSPS) is 15.4. The van der Waals surface area contributed by atoms with Crippen LogP contribution in [0.5, 0.6) is 0 Å². The van der Waals surface area contributed by atoms with Crippen LogP contribution in [0.4, 0.5) is 5.69 Å². The minimum atomic E-state index is -3.84. The summed E-state index contributed by atoms with van der Waals surface area (Å²) >= 11 is 0. The quantitative estimate of drug-likeness (QED) is 0.392. The molecule has 174 valence electrons. The van der Waals surface area contributed by atoms with Gasteiger partial charge in [0.2, 0.25) is 15.9 Å². The zero-order valence-corrected chi connectivity index (χ0v) is 19.1. The van der Waals surface area contributed by atoms with Gasteiger partial charge in [0, 0.05) is 22.8 Å². The summed E-state index contributed by atoms with van der Waals surface area (Å²) in [6, 6.07) is 16.9. The van der Waals surface area contributed by atoms with Gasteiger partial charge in [-0.1, -0.05) is 18.2 Å². The first kappa shape index (κ1) is 22.2. The Morgan fingerprint density at radius 1 is 1.06 bits per heavy atom. The number of hydrogen-bond donors (Lipinski definition) is 3. The highest BCUT2D eigenvalue weighted by Gasteiger charge is 2.30. The Balaban J connectivity index is 1.47. The molecule has 34 heavy (non-hydrogen) atoms. The van der Waals surface area contributed by atoms with Gasteiger partial charge in [0.05, 0.1) is 16.1 Å². The maximum absolute atomic E-state index is 13.4. The van der Waals surface area contributed by atoms with Crippen LogP contribution in [-0.2, 0) is 14.8 Å². The molecule has 0 radical (unpaired) electrons. The summed E-state index contributed by atoms with van der Waals surface area (Å²) in [6.07, 6.45) is 3.81. The molecule has 9 nitrogen and oxygen atoms in total. The summed E-state index contributed by atoms with van der Waals surface area (Å²) in [5, 5.41) is 16.4. The van der Waals surface area contributed by atoms with E-state index < -0.39 is 16.1 Å². The largest absolute Gasteiger partial charge is 0.324 e. The standard InChI is InChI=1S/C24H24N6O3S/c25-34(32,33)18-7-5-6-16(14-18)22-19-15-17(9-10-20(19)28-29-22)27-24(31)23(30-12-3-4-13-30)21-8-1-2-11-26-21/h1-2,5-11,14-15,23H,3-4,12-13H2,(H,27,31)(H,28,29)(H2,25,32,33). The molecular weight excluding hydrogens is 452 g/mol. The van der Waals surface area contributed by atoms with E-state index >= 15 is 0 Å². The van der Waals surface area contributed by atoms with E-state index in [1.165, 1.54) is 12.1 Å². The number of nitrogens with two attached hydrogens (primary N) is 1. The number of anilines is 1. The molecule has 0 spiro atoms. The van der Waals surface area contributed by atoms with Gasteiger partial charge in [-0.25, -0.2) is 13.6 Å². The molecule has 5 rings (SSSR count). The molecule has 0 saturated carbocycles. The minimum Gasteiger partial charge on any atom is -0.324 e. The predicted octanol–water partition coefficient (Wildman–Crippen LogP) is 3.05. The van der Waals surface area contributed by atoms with Gasteiger partial charge in [0.15, 0.2) is 0 Å². The van der Waals surface area contributed by atoms with Crippen LogP contribution in [0.15, 0.2) is 71.8 Å². The second-order valence-electron chi connectivity index (χ2n) is 8.29. The fraction of sp³-hybridized carbons (Fsp3) is 0.208. The van der Waals surface area contributed by atoms with Crippen molar-refractivity contribution in [2.45, 2.75) is 23.8 Å². The number of H-pyrrole nitrogens is 1. The van der Waals surface area contributed by atoms with Gasteiger partial charge in [-0.05, 0) is 68.4 Å². The monoisotopic (exact) mass is 476 g/mol. The zero-order valence-electron chi connectivity index (χ0n) is 18.3. The summed E-state index contributed by atoms with van der Waals surface area (Å²) in [5.74, 6) is -0.152. The molecule has 10 heteroatoms. The van der Waals surface area contributed by atoms with Crippen molar-refractivity contribution in [2.75, 3.05) is 18.4 Å². The van der Waals surface area contributed by atoms with Crippen LogP contribution >= 0.6 is 0 Å². The summed E-state index contributed by atoms with van der Waals surface area (Å²) in [6.45, 7) is 1.69. The van der Waals surface area contributed by atoms with Crippen LogP contribution in [0.3, 0.4) is 0 Å². The first-order chi connectivity index (χ1) is 16.4. The molecule has 1 fully saturated rings. The van der Waals surface area contributed by atoms with Crippen molar-refractivity contribution in [1.82, 2.24) is 20.1 Å². The molecule has 0 bridgehead atoms. The van der Waals surface area contributed by atoms with Crippen molar-refractivity contribution in [3.8, 4) is 11.3 Å². The molecule has 1 aliphatic rings. The number of nitrogens with zero attached hydrogens (tertiary/aromatic N) is 3. The fourth-order valence-electron chi connectivity index (χ4n) is 4.37. The highest BCUT2D eigenvalue weighted by Crippen LogP contribution is 2.31. The lowest BCUT2D eigenvalue weighted by molar-refractivity contribution is -0.121. The van der Waals surface area contributed by atoms with Crippen LogP contribution in [0.2, 0.25) is 0 Å². The number of amides is 1. The van der Waals surface area contributed by atoms with Gasteiger partial charge < -0.3 is 5.32 Å². The number of rotatable bonds is 6. The first-order valence-electron chi connectivity index (χ1n) is 11.0. The zero-order chi connectivity index (χ0) is 23.7. The Morgan fingerprint density at radius 3 is 2.62 bits per heavy atom. The van der Waals surface area contributed by atoms with Gasteiger partial charge in [0.1, 0.15) is 11.7 Å². The number of carbonyl (C=O) groups is 1. The predicted molar refractivity (Wildman–Crippen MR) is 129 cm³/mol. The Kier molecular flexibility index (Phi) is 5.86. The number of nitrogens with one attached hydrogen (secondary N) is 2. The Bertz CT molecular complexity index is 1450. The lowest BCUT2D eigenvalue weighted by Gasteiger charge is -2.26. The van der Waals surface area contributed by atoms with E-state index in [9.17, 15) is 13.2 Å². The number of hydrogen-bond acceptors (Lipinski definition) is 6. The second-order valence-corrected chi connectivity index (χ2v) is 9.86. The number of likely N-dealkylation sites (tertiary alicyclic amines) is 1. The average Bonchev–Trinajstić information content (AvgIpc) is 3.50. The topological polar surface area (TPSA) is 134 Å². The number of fused-ring (bicyclic) bond motifs is 1. The summed E-state index contributed by atoms with van der Waals surface area (Å²) < 4.78 is 23.6. The van der Waals surface area contributed by atoms with Crippen LogP contribution < -0.4 is 10.5 Å². The lowest BCUT2D eigenvalue weighted by Crippen LogP contribution is -2.36. The van der Waals surface area contributed by atoms with E-state index in [1.807, 2.05) is 36.4 Å². The first-order valence-corrected chi connectivity index (χ1v) is 12.5. The average molecular weight is 477 g/mol. The molecule has 1 aliphatic heterocycles. The van der Waals surface area contributed by atoms with Gasteiger partial charge in [-0.2, -0.15) is 5.10 Å². The molecule has 4 aromatic rings. The Hall–Kier alpha value is -3.60. The molecular formula is C24H24N6O3S. The number of primary sulfonamides is 1. The summed E-state index contributed by atoms with van der Waals surface area (Å²) in [7, 11) is -3.84. The number of benzene rings is 2. The Labute approximate surface area is 197 Å². The van der Waals surface area contributed by atoms with Crippen LogP contribution in [0, 0.1) is 0 Å². The molecule has 0 aliphatic carbocycles. The van der Waals surface area contributed by atoms with Crippen LogP contribution in [0.25, 0.3) is 22.2 Å². The van der Waals surface area contributed by atoms with Crippen molar-refractivity contribution in [2.24, 2.45) is 5.14 Å². The molecule has 1 amide bonds. The third-order valence-corrected chi connectivity index (χ3v) is 6.90. The molecule has 1 unspecified atom stereocenters. The van der Waals surface area contributed by atoms with Crippen LogP contribution in [0.1, 0.15) is 24.6 Å². The van der Waals surface area contributed by atoms with Gasteiger partial charge >= 0.3 is 0 Å². The molecule has 1 saturated heterocycles. The third-order valence-electron chi connectivity index (χ3n) is 5.99. The van der Waals surface area contributed by atoms with E-state index in [0.717, 1.165) is 36.8 Å². The highest BCUT2D eigenvalue weighted by molar-refractivity contribution is 7.89. The molecule has 2 aromatic carbocycles. The molecule has 1 atom stereocenters. The fourth-order valence-corrected chi connectivity index (χ4v) is 4.93. The molecule has 4 N–H and O–H groups in total. The minimum absolute atomic E-state index is 0.00873. The van der Waals surface area contributed by atoms with Gasteiger partial charge in [-0.3, -0.25) is 19.8 Å².